The summed E-state index contributed by atoms with van der Waals surface area (Å²) < 4.78 is 5.30. The number of benzene rings is 1. The minimum Gasteiger partial charge on any atom is -0.495 e. The maximum atomic E-state index is 6.27. The summed E-state index contributed by atoms with van der Waals surface area (Å²) >= 11 is 0. The van der Waals surface area contributed by atoms with E-state index in [4.69, 9.17) is 10.5 Å². The van der Waals surface area contributed by atoms with Crippen LogP contribution in [0.25, 0.3) is 0 Å². The first-order valence-corrected chi connectivity index (χ1v) is 5.95. The van der Waals surface area contributed by atoms with Crippen LogP contribution in [0.2, 0.25) is 0 Å². The molecule has 2 rings (SSSR count). The Morgan fingerprint density at radius 2 is 1.94 bits per heavy atom. The molecular weight excluding hydrogens is 224 g/mol. The molecule has 0 aliphatic carbocycles. The predicted octanol–water partition coefficient (Wildman–Crippen LogP) is 2.76. The Bertz CT molecular complexity index is 552. The standard InChI is InChI=1S/C15H18N2O/c1-10-6-7-12(9-11(10)2)14(16)15-13(18-3)5-4-8-17-15/h4-9,14H,16H2,1-3H3. The van der Waals surface area contributed by atoms with Crippen LogP contribution in [0.5, 0.6) is 5.75 Å². The molecule has 0 bridgehead atoms. The molecule has 0 radical (unpaired) electrons. The highest BCUT2D eigenvalue weighted by Gasteiger charge is 2.15. The van der Waals surface area contributed by atoms with Crippen LogP contribution in [0.4, 0.5) is 0 Å². The summed E-state index contributed by atoms with van der Waals surface area (Å²) in [6, 6.07) is 9.69. The molecule has 94 valence electrons. The molecule has 1 aromatic heterocycles. The normalized spacial score (nSPS) is 12.2. The zero-order valence-electron chi connectivity index (χ0n) is 11.0. The average molecular weight is 242 g/mol. The summed E-state index contributed by atoms with van der Waals surface area (Å²) in [5, 5.41) is 0. The van der Waals surface area contributed by atoms with Gasteiger partial charge in [0.2, 0.25) is 0 Å². The van der Waals surface area contributed by atoms with E-state index in [-0.39, 0.29) is 6.04 Å². The molecule has 2 aromatic rings. The fraction of sp³-hybridized carbons (Fsp3) is 0.267. The van der Waals surface area contributed by atoms with Gasteiger partial charge in [-0.15, -0.1) is 0 Å². The zero-order valence-corrected chi connectivity index (χ0v) is 11.0. The van der Waals surface area contributed by atoms with E-state index in [1.807, 2.05) is 18.2 Å². The van der Waals surface area contributed by atoms with Crippen LogP contribution >= 0.6 is 0 Å². The van der Waals surface area contributed by atoms with Crippen molar-refractivity contribution in [1.82, 2.24) is 4.98 Å². The summed E-state index contributed by atoms with van der Waals surface area (Å²) in [5.41, 5.74) is 10.6. The molecule has 3 heteroatoms. The molecule has 18 heavy (non-hydrogen) atoms. The highest BCUT2D eigenvalue weighted by atomic mass is 16.5. The Morgan fingerprint density at radius 3 is 2.61 bits per heavy atom. The molecule has 1 aromatic carbocycles. The van der Waals surface area contributed by atoms with Crippen molar-refractivity contribution in [2.75, 3.05) is 7.11 Å². The van der Waals surface area contributed by atoms with Gasteiger partial charge < -0.3 is 10.5 Å². The summed E-state index contributed by atoms with van der Waals surface area (Å²) in [4.78, 5) is 4.33. The van der Waals surface area contributed by atoms with Crippen LogP contribution in [-0.4, -0.2) is 12.1 Å². The first-order valence-electron chi connectivity index (χ1n) is 5.95. The minimum absolute atomic E-state index is 0.263. The van der Waals surface area contributed by atoms with Gasteiger partial charge in [0.15, 0.2) is 0 Å². The lowest BCUT2D eigenvalue weighted by Gasteiger charge is -2.15. The van der Waals surface area contributed by atoms with E-state index in [1.165, 1.54) is 11.1 Å². The summed E-state index contributed by atoms with van der Waals surface area (Å²) in [6.45, 7) is 4.17. The van der Waals surface area contributed by atoms with E-state index in [0.717, 1.165) is 17.0 Å². The van der Waals surface area contributed by atoms with Crippen LogP contribution in [-0.2, 0) is 0 Å². The number of pyridine rings is 1. The lowest BCUT2D eigenvalue weighted by molar-refractivity contribution is 0.404. The fourth-order valence-corrected chi connectivity index (χ4v) is 1.92. The van der Waals surface area contributed by atoms with Crippen LogP contribution in [0.3, 0.4) is 0 Å². The van der Waals surface area contributed by atoms with Gasteiger partial charge in [0.05, 0.1) is 13.2 Å². The molecule has 0 aliphatic rings. The first-order chi connectivity index (χ1) is 8.63. The number of nitrogens with zero attached hydrogens (tertiary/aromatic N) is 1. The number of nitrogens with two attached hydrogens (primary N) is 1. The molecule has 2 N–H and O–H groups in total. The number of aromatic nitrogens is 1. The molecule has 1 heterocycles. The number of hydrogen-bond donors (Lipinski definition) is 1. The number of rotatable bonds is 3. The lowest BCUT2D eigenvalue weighted by Crippen LogP contribution is -2.15. The van der Waals surface area contributed by atoms with Gasteiger partial charge >= 0.3 is 0 Å². The summed E-state index contributed by atoms with van der Waals surface area (Å²) in [5.74, 6) is 0.725. The van der Waals surface area contributed by atoms with E-state index in [2.05, 4.69) is 31.0 Å². The molecule has 0 saturated carbocycles. The monoisotopic (exact) mass is 242 g/mol. The van der Waals surface area contributed by atoms with E-state index >= 15 is 0 Å². The van der Waals surface area contributed by atoms with Crippen molar-refractivity contribution in [2.24, 2.45) is 5.73 Å². The largest absolute Gasteiger partial charge is 0.495 e. The Kier molecular flexibility index (Phi) is 3.63. The number of methoxy groups -OCH3 is 1. The van der Waals surface area contributed by atoms with Gasteiger partial charge in [-0.3, -0.25) is 4.98 Å². The number of ether oxygens (including phenoxy) is 1. The highest BCUT2D eigenvalue weighted by molar-refractivity contribution is 5.39. The van der Waals surface area contributed by atoms with Crippen molar-refractivity contribution in [3.8, 4) is 5.75 Å². The Balaban J connectivity index is 2.41. The van der Waals surface area contributed by atoms with Gasteiger partial charge in [-0.25, -0.2) is 0 Å². The van der Waals surface area contributed by atoms with Crippen molar-refractivity contribution in [1.29, 1.82) is 0 Å². The Hall–Kier alpha value is -1.87. The second kappa shape index (κ2) is 5.19. The second-order valence-electron chi connectivity index (χ2n) is 4.41. The average Bonchev–Trinajstić information content (AvgIpc) is 2.41. The minimum atomic E-state index is -0.263. The van der Waals surface area contributed by atoms with Gasteiger partial charge in [0.25, 0.3) is 0 Å². The maximum absolute atomic E-state index is 6.27. The molecular formula is C15H18N2O. The van der Waals surface area contributed by atoms with Crippen molar-refractivity contribution in [2.45, 2.75) is 19.9 Å². The third-order valence-electron chi connectivity index (χ3n) is 3.20. The Labute approximate surface area is 108 Å². The van der Waals surface area contributed by atoms with E-state index in [1.54, 1.807) is 13.3 Å². The van der Waals surface area contributed by atoms with Crippen molar-refractivity contribution < 1.29 is 4.74 Å². The predicted molar refractivity (Wildman–Crippen MR) is 72.7 cm³/mol. The molecule has 0 aliphatic heterocycles. The van der Waals surface area contributed by atoms with E-state index in [0.29, 0.717) is 0 Å². The fourth-order valence-electron chi connectivity index (χ4n) is 1.92. The lowest BCUT2D eigenvalue weighted by atomic mass is 9.99. The molecule has 0 spiro atoms. The van der Waals surface area contributed by atoms with Gasteiger partial charge in [-0.2, -0.15) is 0 Å². The molecule has 0 fully saturated rings. The molecule has 0 saturated heterocycles. The van der Waals surface area contributed by atoms with Crippen molar-refractivity contribution in [3.63, 3.8) is 0 Å². The van der Waals surface area contributed by atoms with Gasteiger partial charge in [-0.05, 0) is 42.7 Å². The first kappa shape index (κ1) is 12.6. The van der Waals surface area contributed by atoms with Crippen LogP contribution in [0, 0.1) is 13.8 Å². The van der Waals surface area contributed by atoms with Gasteiger partial charge in [-0.1, -0.05) is 18.2 Å². The van der Waals surface area contributed by atoms with Crippen LogP contribution < -0.4 is 10.5 Å². The second-order valence-corrected chi connectivity index (χ2v) is 4.41. The third-order valence-corrected chi connectivity index (χ3v) is 3.20. The van der Waals surface area contributed by atoms with Crippen molar-refractivity contribution >= 4 is 0 Å². The third kappa shape index (κ3) is 2.36. The topological polar surface area (TPSA) is 48.1 Å². The number of aryl methyl sites for hydroxylation is 2. The highest BCUT2D eigenvalue weighted by Crippen LogP contribution is 2.26. The quantitative estimate of drug-likeness (QED) is 0.900. The SMILES string of the molecule is COc1cccnc1C(N)c1ccc(C)c(C)c1. The van der Waals surface area contributed by atoms with Crippen molar-refractivity contribution in [3.05, 3.63) is 58.9 Å². The number of hydrogen-bond acceptors (Lipinski definition) is 3. The molecule has 0 amide bonds. The summed E-state index contributed by atoms with van der Waals surface area (Å²) in [6.07, 6.45) is 1.73. The molecule has 1 unspecified atom stereocenters. The molecule has 1 atom stereocenters. The summed E-state index contributed by atoms with van der Waals surface area (Å²) in [7, 11) is 1.63. The van der Waals surface area contributed by atoms with E-state index in [9.17, 15) is 0 Å². The van der Waals surface area contributed by atoms with E-state index < -0.39 is 0 Å². The maximum Gasteiger partial charge on any atom is 0.142 e. The zero-order chi connectivity index (χ0) is 13.1. The van der Waals surface area contributed by atoms with Gasteiger partial charge in [0.1, 0.15) is 11.4 Å². The van der Waals surface area contributed by atoms with Gasteiger partial charge in [0, 0.05) is 6.20 Å². The Morgan fingerprint density at radius 1 is 1.17 bits per heavy atom. The smallest absolute Gasteiger partial charge is 0.142 e. The van der Waals surface area contributed by atoms with Crippen LogP contribution in [0.1, 0.15) is 28.4 Å². The van der Waals surface area contributed by atoms with Crippen LogP contribution in [0.15, 0.2) is 36.5 Å². The molecule has 3 nitrogen and oxygen atoms in total.